The molecule has 0 radical (unpaired) electrons. The second-order valence-electron chi connectivity index (χ2n) is 5.29. The van der Waals surface area contributed by atoms with E-state index in [0.29, 0.717) is 17.0 Å². The minimum Gasteiger partial charge on any atom is -0.481 e. The van der Waals surface area contributed by atoms with Crippen LogP contribution in [0.25, 0.3) is 0 Å². The summed E-state index contributed by atoms with van der Waals surface area (Å²) in [4.78, 5) is 24.9. The van der Waals surface area contributed by atoms with Gasteiger partial charge in [-0.25, -0.2) is 0 Å². The summed E-state index contributed by atoms with van der Waals surface area (Å²) in [7, 11) is 0. The van der Waals surface area contributed by atoms with E-state index in [0.717, 1.165) is 30.6 Å². The SMILES string of the molecule is CCc1cc2n(c1C(=O)c1cccs1)CCCC2C(=O)O. The highest BCUT2D eigenvalue weighted by Crippen LogP contribution is 2.33. The number of carboxylic acid groups (broad SMARTS) is 1. The first kappa shape index (κ1) is 14.1. The Hall–Kier alpha value is -1.88. The van der Waals surface area contributed by atoms with Crippen LogP contribution >= 0.6 is 11.3 Å². The maximum atomic E-state index is 12.7. The van der Waals surface area contributed by atoms with Crippen molar-refractivity contribution in [2.75, 3.05) is 0 Å². The summed E-state index contributed by atoms with van der Waals surface area (Å²) in [6.07, 6.45) is 2.18. The molecule has 0 saturated heterocycles. The summed E-state index contributed by atoms with van der Waals surface area (Å²) < 4.78 is 1.93. The first-order valence-electron chi connectivity index (χ1n) is 7.16. The number of carboxylic acids is 1. The number of aliphatic carboxylic acids is 1. The van der Waals surface area contributed by atoms with Crippen LogP contribution in [0.1, 0.15) is 52.3 Å². The number of carbonyl (C=O) groups excluding carboxylic acids is 1. The molecular formula is C16H17NO3S. The van der Waals surface area contributed by atoms with E-state index < -0.39 is 11.9 Å². The summed E-state index contributed by atoms with van der Waals surface area (Å²) in [6.45, 7) is 2.73. The maximum absolute atomic E-state index is 12.7. The van der Waals surface area contributed by atoms with Crippen LogP contribution in [0.3, 0.4) is 0 Å². The fourth-order valence-electron chi connectivity index (χ4n) is 3.07. The van der Waals surface area contributed by atoms with Crippen LogP contribution in [0, 0.1) is 0 Å². The molecule has 0 amide bonds. The number of aromatic nitrogens is 1. The number of hydrogen-bond donors (Lipinski definition) is 1. The first-order valence-corrected chi connectivity index (χ1v) is 8.04. The monoisotopic (exact) mass is 303 g/mol. The van der Waals surface area contributed by atoms with E-state index in [4.69, 9.17) is 0 Å². The van der Waals surface area contributed by atoms with Crippen LogP contribution in [-0.2, 0) is 17.8 Å². The molecule has 4 nitrogen and oxygen atoms in total. The lowest BCUT2D eigenvalue weighted by atomic mass is 9.96. The van der Waals surface area contributed by atoms with Crippen molar-refractivity contribution in [1.29, 1.82) is 0 Å². The molecule has 0 bridgehead atoms. The number of nitrogens with zero attached hydrogens (tertiary/aromatic N) is 1. The Morgan fingerprint density at radius 2 is 2.29 bits per heavy atom. The van der Waals surface area contributed by atoms with E-state index in [2.05, 4.69) is 0 Å². The van der Waals surface area contributed by atoms with Gasteiger partial charge in [-0.3, -0.25) is 9.59 Å². The Morgan fingerprint density at radius 1 is 1.48 bits per heavy atom. The average Bonchev–Trinajstić information content (AvgIpc) is 3.12. The topological polar surface area (TPSA) is 59.3 Å². The van der Waals surface area contributed by atoms with Crippen LogP contribution in [0.15, 0.2) is 23.6 Å². The van der Waals surface area contributed by atoms with Crippen LogP contribution in [0.4, 0.5) is 0 Å². The van der Waals surface area contributed by atoms with Gasteiger partial charge in [-0.15, -0.1) is 11.3 Å². The Kier molecular flexibility index (Phi) is 3.68. The predicted octanol–water partition coefficient (Wildman–Crippen LogP) is 3.31. The highest BCUT2D eigenvalue weighted by molar-refractivity contribution is 7.12. The lowest BCUT2D eigenvalue weighted by Crippen LogP contribution is -2.23. The third-order valence-electron chi connectivity index (χ3n) is 4.08. The molecule has 0 saturated carbocycles. The largest absolute Gasteiger partial charge is 0.481 e. The molecule has 5 heteroatoms. The molecule has 2 aromatic heterocycles. The van der Waals surface area contributed by atoms with E-state index in [-0.39, 0.29) is 5.78 Å². The fourth-order valence-corrected chi connectivity index (χ4v) is 3.74. The third kappa shape index (κ3) is 2.31. The summed E-state index contributed by atoms with van der Waals surface area (Å²) >= 11 is 1.43. The molecule has 2 aromatic rings. The van der Waals surface area contributed by atoms with Gasteiger partial charge in [0.1, 0.15) is 0 Å². The molecule has 1 aliphatic rings. The van der Waals surface area contributed by atoms with Crippen LogP contribution in [0.2, 0.25) is 0 Å². The van der Waals surface area contributed by atoms with Crippen LogP contribution in [-0.4, -0.2) is 21.4 Å². The highest BCUT2D eigenvalue weighted by atomic mass is 32.1. The average molecular weight is 303 g/mol. The summed E-state index contributed by atoms with van der Waals surface area (Å²) in [5.41, 5.74) is 2.42. The number of carbonyl (C=O) groups is 2. The molecule has 3 rings (SSSR count). The van der Waals surface area contributed by atoms with Gasteiger partial charge in [-0.1, -0.05) is 13.0 Å². The van der Waals surface area contributed by atoms with Gasteiger partial charge in [0.15, 0.2) is 0 Å². The minimum absolute atomic E-state index is 0.0131. The van der Waals surface area contributed by atoms with Gasteiger partial charge in [0, 0.05) is 12.2 Å². The Bertz CT molecular complexity index is 685. The lowest BCUT2D eigenvalue weighted by molar-refractivity contribution is -0.139. The molecule has 0 aliphatic carbocycles. The Balaban J connectivity index is 2.13. The van der Waals surface area contributed by atoms with Crippen molar-refractivity contribution < 1.29 is 14.7 Å². The van der Waals surface area contributed by atoms with Crippen LogP contribution < -0.4 is 0 Å². The second kappa shape index (κ2) is 5.48. The fraction of sp³-hybridized carbons (Fsp3) is 0.375. The normalized spacial score (nSPS) is 17.5. The zero-order chi connectivity index (χ0) is 15.0. The van der Waals surface area contributed by atoms with E-state index in [1.807, 2.05) is 35.1 Å². The van der Waals surface area contributed by atoms with Crippen molar-refractivity contribution in [2.24, 2.45) is 0 Å². The number of rotatable bonds is 4. The maximum Gasteiger partial charge on any atom is 0.312 e. The highest BCUT2D eigenvalue weighted by Gasteiger charge is 2.31. The van der Waals surface area contributed by atoms with E-state index in [9.17, 15) is 14.7 Å². The van der Waals surface area contributed by atoms with Gasteiger partial charge >= 0.3 is 5.97 Å². The number of hydrogen-bond acceptors (Lipinski definition) is 3. The van der Waals surface area contributed by atoms with Gasteiger partial charge in [-0.05, 0) is 42.3 Å². The number of thiophene rings is 1. The van der Waals surface area contributed by atoms with Gasteiger partial charge < -0.3 is 9.67 Å². The molecule has 0 fully saturated rings. The Labute approximate surface area is 127 Å². The summed E-state index contributed by atoms with van der Waals surface area (Å²) in [5.74, 6) is -1.28. The van der Waals surface area contributed by atoms with Gasteiger partial charge in [-0.2, -0.15) is 0 Å². The third-order valence-corrected chi connectivity index (χ3v) is 4.95. The van der Waals surface area contributed by atoms with Gasteiger partial charge in [0.05, 0.1) is 16.5 Å². The molecule has 0 aromatic carbocycles. The van der Waals surface area contributed by atoms with Crippen LogP contribution in [0.5, 0.6) is 0 Å². The molecule has 1 aliphatic heterocycles. The van der Waals surface area contributed by atoms with Crippen molar-refractivity contribution in [2.45, 2.75) is 38.6 Å². The van der Waals surface area contributed by atoms with Crippen molar-refractivity contribution in [3.63, 3.8) is 0 Å². The zero-order valence-electron chi connectivity index (χ0n) is 11.8. The summed E-state index contributed by atoms with van der Waals surface area (Å²) in [6, 6.07) is 5.60. The number of ketones is 1. The molecule has 3 heterocycles. The quantitative estimate of drug-likeness (QED) is 0.882. The summed E-state index contributed by atoms with van der Waals surface area (Å²) in [5, 5.41) is 11.3. The lowest BCUT2D eigenvalue weighted by Gasteiger charge is -2.23. The van der Waals surface area contributed by atoms with Gasteiger partial charge in [0.2, 0.25) is 5.78 Å². The molecular weight excluding hydrogens is 286 g/mol. The molecule has 0 spiro atoms. The molecule has 1 N–H and O–H groups in total. The molecule has 110 valence electrons. The van der Waals surface area contributed by atoms with Crippen molar-refractivity contribution in [3.8, 4) is 0 Å². The molecule has 1 atom stereocenters. The van der Waals surface area contributed by atoms with E-state index in [1.165, 1.54) is 11.3 Å². The Morgan fingerprint density at radius 3 is 2.90 bits per heavy atom. The van der Waals surface area contributed by atoms with E-state index >= 15 is 0 Å². The first-order chi connectivity index (χ1) is 10.1. The van der Waals surface area contributed by atoms with E-state index in [1.54, 1.807) is 0 Å². The standard InChI is InChI=1S/C16H17NO3S/c1-2-10-9-12-11(16(19)20)5-3-7-17(12)14(10)15(18)13-6-4-8-21-13/h4,6,8-9,11H,2-3,5,7H2,1H3,(H,19,20). The number of aryl methyl sites for hydroxylation is 1. The van der Waals surface area contributed by atoms with Crippen molar-refractivity contribution >= 4 is 23.1 Å². The second-order valence-corrected chi connectivity index (χ2v) is 6.24. The molecule has 21 heavy (non-hydrogen) atoms. The van der Waals surface area contributed by atoms with Crippen molar-refractivity contribution in [3.05, 3.63) is 45.4 Å². The smallest absolute Gasteiger partial charge is 0.312 e. The van der Waals surface area contributed by atoms with Crippen molar-refractivity contribution in [1.82, 2.24) is 4.57 Å². The molecule has 1 unspecified atom stereocenters. The van der Waals surface area contributed by atoms with Gasteiger partial charge in [0.25, 0.3) is 0 Å². The minimum atomic E-state index is -0.800. The zero-order valence-corrected chi connectivity index (χ0v) is 12.7. The number of fused-ring (bicyclic) bond motifs is 1. The predicted molar refractivity (Wildman–Crippen MR) is 81.2 cm³/mol.